The largest absolute Gasteiger partial charge is 0.508 e. The molecular formula is C17H26N4O5. The quantitative estimate of drug-likeness (QED) is 0.275. The first-order chi connectivity index (χ1) is 12.3. The van der Waals surface area contributed by atoms with Gasteiger partial charge in [-0.1, -0.05) is 12.1 Å². The van der Waals surface area contributed by atoms with Crippen LogP contribution in [0.4, 0.5) is 0 Å². The number of nitrogens with two attached hydrogens (primary N) is 2. The minimum absolute atomic E-state index is 0.113. The van der Waals surface area contributed by atoms with E-state index >= 15 is 0 Å². The van der Waals surface area contributed by atoms with Gasteiger partial charge in [-0.2, -0.15) is 0 Å². The van der Waals surface area contributed by atoms with Gasteiger partial charge in [0.1, 0.15) is 18.3 Å². The molecule has 0 radical (unpaired) electrons. The third kappa shape index (κ3) is 7.95. The van der Waals surface area contributed by atoms with Crippen LogP contribution in [0.1, 0.15) is 24.8 Å². The molecule has 0 heterocycles. The lowest BCUT2D eigenvalue weighted by Crippen LogP contribution is -2.52. The molecule has 9 nitrogen and oxygen atoms in total. The van der Waals surface area contributed by atoms with Crippen LogP contribution in [0.2, 0.25) is 0 Å². The molecule has 2 amide bonds. The fourth-order valence-corrected chi connectivity index (χ4v) is 2.30. The zero-order valence-electron chi connectivity index (χ0n) is 14.5. The summed E-state index contributed by atoms with van der Waals surface area (Å²) in [5.41, 5.74) is 12.1. The summed E-state index contributed by atoms with van der Waals surface area (Å²) in [4.78, 5) is 35.0. The van der Waals surface area contributed by atoms with Crippen molar-refractivity contribution >= 4 is 17.8 Å². The number of hydrogen-bond acceptors (Lipinski definition) is 6. The Hall–Kier alpha value is -2.65. The Labute approximate surface area is 151 Å². The van der Waals surface area contributed by atoms with Crippen molar-refractivity contribution in [1.82, 2.24) is 10.6 Å². The summed E-state index contributed by atoms with van der Waals surface area (Å²) in [6.07, 6.45) is 1.85. The lowest BCUT2D eigenvalue weighted by molar-refractivity contribution is -0.138. The van der Waals surface area contributed by atoms with Crippen LogP contribution in [0.25, 0.3) is 0 Å². The predicted molar refractivity (Wildman–Crippen MR) is 95.3 cm³/mol. The van der Waals surface area contributed by atoms with Gasteiger partial charge in [0.05, 0.1) is 6.04 Å². The van der Waals surface area contributed by atoms with Gasteiger partial charge in [0, 0.05) is 0 Å². The number of aliphatic carboxylic acids is 1. The number of rotatable bonds is 11. The van der Waals surface area contributed by atoms with Gasteiger partial charge in [0.25, 0.3) is 0 Å². The van der Waals surface area contributed by atoms with Crippen LogP contribution in [-0.2, 0) is 20.8 Å². The van der Waals surface area contributed by atoms with E-state index in [9.17, 15) is 19.5 Å². The van der Waals surface area contributed by atoms with E-state index in [1.54, 1.807) is 12.1 Å². The SMILES string of the molecule is NCCCCC(NC(=O)C(N)Cc1ccc(O)cc1)C(=O)NCC(=O)O. The van der Waals surface area contributed by atoms with Crippen LogP contribution in [0.3, 0.4) is 0 Å². The maximum Gasteiger partial charge on any atom is 0.322 e. The first kappa shape index (κ1) is 21.4. The van der Waals surface area contributed by atoms with Crippen molar-refractivity contribution in [3.63, 3.8) is 0 Å². The molecule has 0 spiro atoms. The van der Waals surface area contributed by atoms with E-state index in [4.69, 9.17) is 16.6 Å². The molecule has 0 aliphatic rings. The molecule has 2 atom stereocenters. The second-order valence-corrected chi connectivity index (χ2v) is 5.93. The Morgan fingerprint density at radius 1 is 1.08 bits per heavy atom. The molecule has 0 aliphatic carbocycles. The number of carboxylic acid groups (broad SMARTS) is 1. The lowest BCUT2D eigenvalue weighted by atomic mass is 10.0. The van der Waals surface area contributed by atoms with E-state index in [0.29, 0.717) is 25.8 Å². The van der Waals surface area contributed by atoms with Gasteiger partial charge in [0.15, 0.2) is 0 Å². The van der Waals surface area contributed by atoms with E-state index in [0.717, 1.165) is 5.56 Å². The molecule has 8 N–H and O–H groups in total. The summed E-state index contributed by atoms with van der Waals surface area (Å²) in [5, 5.41) is 22.8. The Morgan fingerprint density at radius 3 is 2.31 bits per heavy atom. The molecule has 0 saturated heterocycles. The zero-order chi connectivity index (χ0) is 19.5. The number of nitrogens with one attached hydrogen (secondary N) is 2. The van der Waals surface area contributed by atoms with E-state index in [-0.39, 0.29) is 12.2 Å². The Morgan fingerprint density at radius 2 is 1.73 bits per heavy atom. The number of carbonyl (C=O) groups excluding carboxylic acids is 2. The second kappa shape index (κ2) is 11.1. The number of phenolic OH excluding ortho intramolecular Hbond substituents is 1. The number of benzene rings is 1. The molecule has 0 aliphatic heterocycles. The van der Waals surface area contributed by atoms with Crippen LogP contribution in [-0.4, -0.2) is 53.2 Å². The molecule has 1 aromatic carbocycles. The van der Waals surface area contributed by atoms with Crippen molar-refractivity contribution in [2.45, 2.75) is 37.8 Å². The Kier molecular flexibility index (Phi) is 9.10. The van der Waals surface area contributed by atoms with Crippen LogP contribution in [0.5, 0.6) is 5.75 Å². The molecular weight excluding hydrogens is 340 g/mol. The molecule has 0 aromatic heterocycles. The highest BCUT2D eigenvalue weighted by Crippen LogP contribution is 2.11. The fraction of sp³-hybridized carbons (Fsp3) is 0.471. The second-order valence-electron chi connectivity index (χ2n) is 5.93. The van der Waals surface area contributed by atoms with Gasteiger partial charge >= 0.3 is 5.97 Å². The molecule has 2 unspecified atom stereocenters. The summed E-state index contributed by atoms with van der Waals surface area (Å²) in [5.74, 6) is -2.15. The van der Waals surface area contributed by atoms with E-state index in [1.165, 1.54) is 12.1 Å². The third-order valence-electron chi connectivity index (χ3n) is 3.72. The van der Waals surface area contributed by atoms with Crippen molar-refractivity contribution in [2.24, 2.45) is 11.5 Å². The maximum absolute atomic E-state index is 12.3. The van der Waals surface area contributed by atoms with E-state index in [2.05, 4.69) is 10.6 Å². The minimum atomic E-state index is -1.17. The monoisotopic (exact) mass is 366 g/mol. The summed E-state index contributed by atoms with van der Waals surface area (Å²) in [6, 6.07) is 4.54. The average molecular weight is 366 g/mol. The van der Waals surface area contributed by atoms with Crippen LogP contribution in [0.15, 0.2) is 24.3 Å². The van der Waals surface area contributed by atoms with Gasteiger partial charge in [-0.05, 0) is 49.9 Å². The van der Waals surface area contributed by atoms with Crippen LogP contribution in [0, 0.1) is 0 Å². The standard InChI is InChI=1S/C17H26N4O5/c18-8-2-1-3-14(17(26)20-10-15(23)24)21-16(25)13(19)9-11-4-6-12(22)7-5-11/h4-7,13-14,22H,1-3,8-10,18-19H2,(H,20,26)(H,21,25)(H,23,24). The molecule has 0 bridgehead atoms. The molecule has 0 fully saturated rings. The van der Waals surface area contributed by atoms with Crippen LogP contribution < -0.4 is 22.1 Å². The summed E-state index contributed by atoms with van der Waals surface area (Å²) in [6.45, 7) is -0.0700. The van der Waals surface area contributed by atoms with Crippen molar-refractivity contribution in [3.05, 3.63) is 29.8 Å². The number of carboxylic acids is 1. The smallest absolute Gasteiger partial charge is 0.322 e. The van der Waals surface area contributed by atoms with Gasteiger partial charge in [-0.25, -0.2) is 0 Å². The number of unbranched alkanes of at least 4 members (excludes halogenated alkanes) is 1. The van der Waals surface area contributed by atoms with Crippen molar-refractivity contribution in [1.29, 1.82) is 0 Å². The van der Waals surface area contributed by atoms with E-state index in [1.807, 2.05) is 0 Å². The first-order valence-electron chi connectivity index (χ1n) is 8.37. The zero-order valence-corrected chi connectivity index (χ0v) is 14.5. The minimum Gasteiger partial charge on any atom is -0.508 e. The van der Waals surface area contributed by atoms with Gasteiger partial charge in [-0.3, -0.25) is 14.4 Å². The highest BCUT2D eigenvalue weighted by molar-refractivity contribution is 5.91. The topological polar surface area (TPSA) is 168 Å². The summed E-state index contributed by atoms with van der Waals surface area (Å²) in [7, 11) is 0. The average Bonchev–Trinajstić information content (AvgIpc) is 2.60. The number of phenols is 1. The number of aromatic hydroxyl groups is 1. The summed E-state index contributed by atoms with van der Waals surface area (Å²) < 4.78 is 0. The summed E-state index contributed by atoms with van der Waals surface area (Å²) >= 11 is 0. The molecule has 9 heteroatoms. The van der Waals surface area contributed by atoms with Crippen molar-refractivity contribution < 1.29 is 24.6 Å². The normalized spacial score (nSPS) is 12.8. The molecule has 1 rings (SSSR count). The Balaban J connectivity index is 2.64. The third-order valence-corrected chi connectivity index (χ3v) is 3.72. The van der Waals surface area contributed by atoms with Gasteiger partial charge < -0.3 is 32.3 Å². The molecule has 26 heavy (non-hydrogen) atoms. The van der Waals surface area contributed by atoms with E-state index < -0.39 is 36.4 Å². The number of hydrogen-bond donors (Lipinski definition) is 6. The predicted octanol–water partition coefficient (Wildman–Crippen LogP) is -0.923. The first-order valence-corrected chi connectivity index (χ1v) is 8.37. The highest BCUT2D eigenvalue weighted by Gasteiger charge is 2.23. The van der Waals surface area contributed by atoms with Crippen molar-refractivity contribution in [2.75, 3.05) is 13.1 Å². The number of carbonyl (C=O) groups is 3. The number of amides is 2. The van der Waals surface area contributed by atoms with Crippen LogP contribution >= 0.6 is 0 Å². The Bertz CT molecular complexity index is 606. The lowest BCUT2D eigenvalue weighted by Gasteiger charge is -2.20. The molecule has 1 aromatic rings. The van der Waals surface area contributed by atoms with Gasteiger partial charge in [0.2, 0.25) is 11.8 Å². The molecule has 144 valence electrons. The molecule has 0 saturated carbocycles. The fourth-order valence-electron chi connectivity index (χ4n) is 2.30. The highest BCUT2D eigenvalue weighted by atomic mass is 16.4. The van der Waals surface area contributed by atoms with Gasteiger partial charge in [-0.15, -0.1) is 0 Å². The van der Waals surface area contributed by atoms with Crippen molar-refractivity contribution in [3.8, 4) is 5.75 Å². The maximum atomic E-state index is 12.3.